The van der Waals surface area contributed by atoms with Gasteiger partial charge in [0.05, 0.1) is 6.54 Å². The summed E-state index contributed by atoms with van der Waals surface area (Å²) in [6.07, 6.45) is 1.69. The van der Waals surface area contributed by atoms with Crippen molar-refractivity contribution in [2.75, 3.05) is 6.54 Å². The quantitative estimate of drug-likeness (QED) is 0.651. The molecule has 1 saturated heterocycles. The molecule has 1 unspecified atom stereocenters. The van der Waals surface area contributed by atoms with Gasteiger partial charge >= 0.3 is 5.97 Å². The third-order valence-electron chi connectivity index (χ3n) is 2.56. The number of aliphatic carboxylic acids is 1. The SMILES string of the molecule is CC(O)(CN1C(=O)CCCCC1=O)C(=O)O. The molecule has 1 aliphatic heterocycles. The van der Waals surface area contributed by atoms with Gasteiger partial charge in [-0.25, -0.2) is 4.79 Å². The van der Waals surface area contributed by atoms with Gasteiger partial charge in [0.25, 0.3) is 0 Å². The number of hydrogen-bond donors (Lipinski definition) is 2. The molecule has 1 rings (SSSR count). The van der Waals surface area contributed by atoms with Gasteiger partial charge in [-0.05, 0) is 19.8 Å². The molecule has 0 radical (unpaired) electrons. The predicted octanol–water partition coefficient (Wildman–Crippen LogP) is -0.249. The number of carbonyl (C=O) groups is 3. The van der Waals surface area contributed by atoms with E-state index >= 15 is 0 Å². The van der Waals surface area contributed by atoms with E-state index in [1.807, 2.05) is 0 Å². The summed E-state index contributed by atoms with van der Waals surface area (Å²) in [5.41, 5.74) is -2.09. The molecule has 0 aliphatic carbocycles. The Kier molecular flexibility index (Phi) is 3.64. The number of rotatable bonds is 3. The minimum absolute atomic E-state index is 0.224. The third-order valence-corrected chi connectivity index (χ3v) is 2.56. The van der Waals surface area contributed by atoms with Crippen molar-refractivity contribution >= 4 is 17.8 Å². The molecular weight excluding hydrogens is 214 g/mol. The second kappa shape index (κ2) is 4.61. The van der Waals surface area contributed by atoms with Crippen molar-refractivity contribution in [3.63, 3.8) is 0 Å². The van der Waals surface area contributed by atoms with Crippen molar-refractivity contribution in [2.45, 2.75) is 38.2 Å². The van der Waals surface area contributed by atoms with E-state index in [0.29, 0.717) is 12.8 Å². The summed E-state index contributed by atoms with van der Waals surface area (Å²) in [6.45, 7) is 0.584. The average molecular weight is 229 g/mol. The minimum Gasteiger partial charge on any atom is -0.479 e. The highest BCUT2D eigenvalue weighted by atomic mass is 16.4. The van der Waals surface area contributed by atoms with Crippen molar-refractivity contribution < 1.29 is 24.6 Å². The normalized spacial score (nSPS) is 21.5. The standard InChI is InChI=1S/C10H15NO5/c1-10(16,9(14)15)6-11-7(12)4-2-3-5-8(11)13/h16H,2-6H2,1H3,(H,14,15). The summed E-state index contributed by atoms with van der Waals surface area (Å²) >= 11 is 0. The van der Waals surface area contributed by atoms with Crippen LogP contribution in [0.25, 0.3) is 0 Å². The molecule has 6 heteroatoms. The zero-order chi connectivity index (χ0) is 12.3. The van der Waals surface area contributed by atoms with Crippen molar-refractivity contribution in [2.24, 2.45) is 0 Å². The van der Waals surface area contributed by atoms with Crippen LogP contribution in [0.3, 0.4) is 0 Å². The molecular formula is C10H15NO5. The number of carboxylic acid groups (broad SMARTS) is 1. The van der Waals surface area contributed by atoms with E-state index in [1.54, 1.807) is 0 Å². The van der Waals surface area contributed by atoms with Crippen LogP contribution in [0, 0.1) is 0 Å². The Morgan fingerprint density at radius 1 is 1.31 bits per heavy atom. The van der Waals surface area contributed by atoms with Crippen LogP contribution in [0.2, 0.25) is 0 Å². The molecule has 0 aromatic heterocycles. The van der Waals surface area contributed by atoms with E-state index in [4.69, 9.17) is 5.11 Å². The third kappa shape index (κ3) is 2.79. The number of carboxylic acids is 1. The summed E-state index contributed by atoms with van der Waals surface area (Å²) in [4.78, 5) is 34.6. The number of imide groups is 1. The van der Waals surface area contributed by atoms with E-state index in [9.17, 15) is 19.5 Å². The Morgan fingerprint density at radius 3 is 2.12 bits per heavy atom. The molecule has 0 saturated carbocycles. The molecule has 1 aliphatic rings. The van der Waals surface area contributed by atoms with E-state index in [2.05, 4.69) is 0 Å². The number of β-amino-alcohol motifs (C(OH)–C–C–N with tert-alkyl or cyclic N) is 1. The summed E-state index contributed by atoms with van der Waals surface area (Å²) in [5, 5.41) is 18.2. The lowest BCUT2D eigenvalue weighted by Crippen LogP contribution is -2.50. The Balaban J connectivity index is 2.80. The van der Waals surface area contributed by atoms with Crippen LogP contribution in [0.4, 0.5) is 0 Å². The Bertz CT molecular complexity index is 305. The molecule has 0 aromatic carbocycles. The first-order valence-electron chi connectivity index (χ1n) is 5.13. The molecule has 0 bridgehead atoms. The zero-order valence-corrected chi connectivity index (χ0v) is 9.10. The van der Waals surface area contributed by atoms with Crippen LogP contribution < -0.4 is 0 Å². The molecule has 0 aromatic rings. The number of nitrogens with zero attached hydrogens (tertiary/aromatic N) is 1. The summed E-state index contributed by atoms with van der Waals surface area (Å²) in [6, 6.07) is 0. The smallest absolute Gasteiger partial charge is 0.337 e. The lowest BCUT2D eigenvalue weighted by Gasteiger charge is -2.26. The summed E-state index contributed by atoms with van der Waals surface area (Å²) in [7, 11) is 0. The molecule has 1 fully saturated rings. The van der Waals surface area contributed by atoms with Gasteiger partial charge in [0.2, 0.25) is 11.8 Å². The molecule has 6 nitrogen and oxygen atoms in total. The molecule has 0 spiro atoms. The maximum Gasteiger partial charge on any atom is 0.337 e. The monoisotopic (exact) mass is 229 g/mol. The fourth-order valence-corrected chi connectivity index (χ4v) is 1.51. The van der Waals surface area contributed by atoms with Gasteiger partial charge in [-0.3, -0.25) is 14.5 Å². The van der Waals surface area contributed by atoms with E-state index in [-0.39, 0.29) is 12.8 Å². The van der Waals surface area contributed by atoms with Crippen molar-refractivity contribution in [1.82, 2.24) is 4.90 Å². The summed E-state index contributed by atoms with van der Waals surface area (Å²) in [5.74, 6) is -2.27. The molecule has 1 atom stereocenters. The second-order valence-corrected chi connectivity index (χ2v) is 4.16. The largest absolute Gasteiger partial charge is 0.479 e. The Labute approximate surface area is 92.9 Å². The first-order chi connectivity index (χ1) is 7.34. The van der Waals surface area contributed by atoms with Crippen LogP contribution >= 0.6 is 0 Å². The van der Waals surface area contributed by atoms with Gasteiger partial charge < -0.3 is 10.2 Å². The highest BCUT2D eigenvalue weighted by Crippen LogP contribution is 2.16. The first-order valence-corrected chi connectivity index (χ1v) is 5.13. The van der Waals surface area contributed by atoms with Gasteiger partial charge in [0.15, 0.2) is 5.60 Å². The molecule has 90 valence electrons. The van der Waals surface area contributed by atoms with Crippen LogP contribution in [0.1, 0.15) is 32.6 Å². The molecule has 1 heterocycles. The highest BCUT2D eigenvalue weighted by Gasteiger charge is 2.37. The van der Waals surface area contributed by atoms with E-state index < -0.39 is 29.9 Å². The average Bonchev–Trinajstić information content (AvgIpc) is 2.32. The Hall–Kier alpha value is -1.43. The van der Waals surface area contributed by atoms with Crippen LogP contribution in [0.5, 0.6) is 0 Å². The number of likely N-dealkylation sites (tertiary alicyclic amines) is 1. The van der Waals surface area contributed by atoms with Gasteiger partial charge in [-0.15, -0.1) is 0 Å². The number of aliphatic hydroxyl groups is 1. The van der Waals surface area contributed by atoms with Gasteiger partial charge in [-0.1, -0.05) is 0 Å². The predicted molar refractivity (Wildman–Crippen MR) is 53.4 cm³/mol. The fraction of sp³-hybridized carbons (Fsp3) is 0.700. The number of carbonyl (C=O) groups excluding carboxylic acids is 2. The lowest BCUT2D eigenvalue weighted by atomic mass is 10.1. The minimum atomic E-state index is -2.09. The topological polar surface area (TPSA) is 94.9 Å². The first kappa shape index (κ1) is 12.6. The van der Waals surface area contributed by atoms with Gasteiger partial charge in [0, 0.05) is 12.8 Å². The Morgan fingerprint density at radius 2 is 1.75 bits per heavy atom. The zero-order valence-electron chi connectivity index (χ0n) is 9.10. The van der Waals surface area contributed by atoms with Gasteiger partial charge in [0.1, 0.15) is 0 Å². The van der Waals surface area contributed by atoms with E-state index in [0.717, 1.165) is 11.8 Å². The number of amides is 2. The van der Waals surface area contributed by atoms with Crippen LogP contribution in [-0.4, -0.2) is 45.0 Å². The van der Waals surface area contributed by atoms with Crippen molar-refractivity contribution in [3.8, 4) is 0 Å². The van der Waals surface area contributed by atoms with Crippen LogP contribution in [-0.2, 0) is 14.4 Å². The maximum absolute atomic E-state index is 11.5. The number of hydrogen-bond acceptors (Lipinski definition) is 4. The molecule has 2 amide bonds. The molecule has 16 heavy (non-hydrogen) atoms. The maximum atomic E-state index is 11.5. The van der Waals surface area contributed by atoms with Crippen LogP contribution in [0.15, 0.2) is 0 Å². The van der Waals surface area contributed by atoms with Crippen molar-refractivity contribution in [3.05, 3.63) is 0 Å². The van der Waals surface area contributed by atoms with Crippen molar-refractivity contribution in [1.29, 1.82) is 0 Å². The second-order valence-electron chi connectivity index (χ2n) is 4.16. The van der Waals surface area contributed by atoms with E-state index in [1.165, 1.54) is 0 Å². The fourth-order valence-electron chi connectivity index (χ4n) is 1.51. The van der Waals surface area contributed by atoms with Gasteiger partial charge in [-0.2, -0.15) is 0 Å². The molecule has 2 N–H and O–H groups in total. The highest BCUT2D eigenvalue weighted by molar-refractivity contribution is 5.96. The summed E-state index contributed by atoms with van der Waals surface area (Å²) < 4.78 is 0. The lowest BCUT2D eigenvalue weighted by molar-refractivity contribution is -0.162.